The predicted molar refractivity (Wildman–Crippen MR) is 162 cm³/mol. The van der Waals surface area contributed by atoms with E-state index in [0.717, 1.165) is 41.9 Å². The summed E-state index contributed by atoms with van der Waals surface area (Å²) in [7, 11) is 0. The minimum absolute atomic E-state index is 0.724. The average molecular weight is 530 g/mol. The van der Waals surface area contributed by atoms with E-state index in [1.807, 2.05) is 12.1 Å². The van der Waals surface area contributed by atoms with Gasteiger partial charge in [0.15, 0.2) is 5.11 Å². The minimum Gasteiger partial charge on any atom is -0.345 e. The van der Waals surface area contributed by atoms with E-state index >= 15 is 0 Å². The van der Waals surface area contributed by atoms with E-state index in [1.165, 1.54) is 44.6 Å². The number of aryl methyl sites for hydroxylation is 5. The molecular formula is C32H36ClN3S. The molecule has 3 aromatic carbocycles. The number of hydrogen-bond donors (Lipinski definition) is 1. The Balaban J connectivity index is 1.57. The second kappa shape index (κ2) is 12.0. The Bertz CT molecular complexity index is 1360. The van der Waals surface area contributed by atoms with Gasteiger partial charge in [-0.1, -0.05) is 65.2 Å². The third kappa shape index (κ3) is 7.03. The first kappa shape index (κ1) is 27.0. The maximum absolute atomic E-state index is 6.11. The lowest BCUT2D eigenvalue weighted by Gasteiger charge is -2.28. The van der Waals surface area contributed by atoms with Crippen LogP contribution in [0.3, 0.4) is 0 Å². The number of nitrogens with zero attached hydrogens (tertiary/aromatic N) is 2. The van der Waals surface area contributed by atoms with Crippen molar-refractivity contribution in [1.82, 2.24) is 9.47 Å². The van der Waals surface area contributed by atoms with Crippen LogP contribution in [-0.4, -0.2) is 21.1 Å². The van der Waals surface area contributed by atoms with Crippen LogP contribution in [0.4, 0.5) is 5.69 Å². The van der Waals surface area contributed by atoms with Crippen molar-refractivity contribution in [2.45, 2.75) is 54.1 Å². The molecule has 4 aromatic rings. The van der Waals surface area contributed by atoms with Gasteiger partial charge in [0, 0.05) is 35.7 Å². The van der Waals surface area contributed by atoms with E-state index in [2.05, 4.69) is 110 Å². The number of halogens is 1. The highest BCUT2D eigenvalue weighted by molar-refractivity contribution is 7.80. The molecule has 1 aromatic heterocycles. The second-order valence-corrected chi connectivity index (χ2v) is 10.9. The molecule has 1 heterocycles. The minimum atomic E-state index is 0.724. The summed E-state index contributed by atoms with van der Waals surface area (Å²) in [5.74, 6) is 0. The monoisotopic (exact) mass is 529 g/mol. The number of aromatic nitrogens is 1. The molecule has 0 amide bonds. The van der Waals surface area contributed by atoms with Gasteiger partial charge in [-0.3, -0.25) is 0 Å². The van der Waals surface area contributed by atoms with Gasteiger partial charge >= 0.3 is 0 Å². The summed E-state index contributed by atoms with van der Waals surface area (Å²) in [4.78, 5) is 2.27. The maximum Gasteiger partial charge on any atom is 0.173 e. The van der Waals surface area contributed by atoms with Crippen LogP contribution >= 0.6 is 23.8 Å². The van der Waals surface area contributed by atoms with Gasteiger partial charge in [0.2, 0.25) is 0 Å². The fourth-order valence-electron chi connectivity index (χ4n) is 4.88. The summed E-state index contributed by atoms with van der Waals surface area (Å²) in [6, 6.07) is 23.5. The van der Waals surface area contributed by atoms with Crippen LogP contribution in [0.25, 0.3) is 0 Å². The molecule has 0 bridgehead atoms. The predicted octanol–water partition coefficient (Wildman–Crippen LogP) is 8.17. The van der Waals surface area contributed by atoms with Crippen LogP contribution < -0.4 is 5.32 Å². The molecule has 0 fully saturated rings. The van der Waals surface area contributed by atoms with E-state index < -0.39 is 0 Å². The van der Waals surface area contributed by atoms with Crippen molar-refractivity contribution in [1.29, 1.82) is 0 Å². The van der Waals surface area contributed by atoms with E-state index in [4.69, 9.17) is 23.8 Å². The molecule has 4 rings (SSSR count). The highest BCUT2D eigenvalue weighted by Gasteiger charge is 2.16. The standard InChI is InChI=1S/C32H36ClN3S/c1-22-8-11-28(24(3)17-22)20-35-15-6-7-30(35)21-36(16-14-27-9-12-29(33)13-10-27)32(37)34-31-25(4)18-23(2)19-26(31)5/h6-13,15,17-19H,14,16,20-21H2,1-5H3,(H,34,37). The maximum atomic E-state index is 6.11. The van der Waals surface area contributed by atoms with Gasteiger partial charge in [-0.25, -0.2) is 0 Å². The molecule has 0 spiro atoms. The first-order valence-corrected chi connectivity index (χ1v) is 13.6. The van der Waals surface area contributed by atoms with Gasteiger partial charge in [0.05, 0.1) is 6.54 Å². The van der Waals surface area contributed by atoms with Gasteiger partial charge in [0.1, 0.15) is 0 Å². The zero-order valence-electron chi connectivity index (χ0n) is 22.4. The molecular weight excluding hydrogens is 494 g/mol. The van der Waals surface area contributed by atoms with Crippen molar-refractivity contribution in [2.75, 3.05) is 11.9 Å². The molecule has 0 saturated heterocycles. The molecule has 0 saturated carbocycles. The Morgan fingerprint density at radius 3 is 2.22 bits per heavy atom. The molecule has 0 radical (unpaired) electrons. The lowest BCUT2D eigenvalue weighted by atomic mass is 10.1. The molecule has 37 heavy (non-hydrogen) atoms. The third-order valence-corrected chi connectivity index (χ3v) is 7.51. The molecule has 3 nitrogen and oxygen atoms in total. The normalized spacial score (nSPS) is 11.0. The van der Waals surface area contributed by atoms with Crippen LogP contribution in [0.2, 0.25) is 5.02 Å². The average Bonchev–Trinajstić information content (AvgIpc) is 3.28. The summed E-state index contributed by atoms with van der Waals surface area (Å²) < 4.78 is 2.33. The summed E-state index contributed by atoms with van der Waals surface area (Å²) >= 11 is 12.1. The topological polar surface area (TPSA) is 20.2 Å². The molecule has 5 heteroatoms. The lowest BCUT2D eigenvalue weighted by Crippen LogP contribution is -2.36. The van der Waals surface area contributed by atoms with E-state index in [9.17, 15) is 0 Å². The SMILES string of the molecule is Cc1ccc(Cn2cccc2CN(CCc2ccc(Cl)cc2)C(=S)Nc2c(C)cc(C)cc2C)c(C)c1. The van der Waals surface area contributed by atoms with E-state index in [0.29, 0.717) is 0 Å². The first-order chi connectivity index (χ1) is 17.7. The molecule has 0 aliphatic rings. The molecule has 192 valence electrons. The van der Waals surface area contributed by atoms with Crippen LogP contribution in [-0.2, 0) is 19.5 Å². The van der Waals surface area contributed by atoms with Gasteiger partial charge in [-0.2, -0.15) is 0 Å². The van der Waals surface area contributed by atoms with Gasteiger partial charge in [-0.05, 0) is 105 Å². The number of benzene rings is 3. The van der Waals surface area contributed by atoms with Gasteiger partial charge < -0.3 is 14.8 Å². The van der Waals surface area contributed by atoms with Crippen LogP contribution in [0.5, 0.6) is 0 Å². The van der Waals surface area contributed by atoms with Gasteiger partial charge in [-0.15, -0.1) is 0 Å². The quantitative estimate of drug-likeness (QED) is 0.232. The Morgan fingerprint density at radius 2 is 1.54 bits per heavy atom. The summed E-state index contributed by atoms with van der Waals surface area (Å²) in [5.41, 5.74) is 11.2. The Labute approximate surface area is 232 Å². The smallest absolute Gasteiger partial charge is 0.173 e. The van der Waals surface area contributed by atoms with Gasteiger partial charge in [0.25, 0.3) is 0 Å². The highest BCUT2D eigenvalue weighted by Crippen LogP contribution is 2.23. The molecule has 0 aliphatic carbocycles. The van der Waals surface area contributed by atoms with Crippen molar-refractivity contribution in [3.63, 3.8) is 0 Å². The fraction of sp³-hybridized carbons (Fsp3) is 0.281. The first-order valence-electron chi connectivity index (χ1n) is 12.8. The van der Waals surface area contributed by atoms with Crippen molar-refractivity contribution in [2.24, 2.45) is 0 Å². The third-order valence-electron chi connectivity index (χ3n) is 6.90. The molecule has 0 atom stereocenters. The number of thiocarbonyl (C=S) groups is 1. The van der Waals surface area contributed by atoms with E-state index in [1.54, 1.807) is 0 Å². The zero-order chi connectivity index (χ0) is 26.5. The van der Waals surface area contributed by atoms with Crippen molar-refractivity contribution < 1.29 is 0 Å². The Morgan fingerprint density at radius 1 is 0.865 bits per heavy atom. The number of nitrogens with one attached hydrogen (secondary N) is 1. The Hall–Kier alpha value is -3.08. The van der Waals surface area contributed by atoms with Crippen molar-refractivity contribution >= 4 is 34.6 Å². The van der Waals surface area contributed by atoms with Crippen molar-refractivity contribution in [3.8, 4) is 0 Å². The van der Waals surface area contributed by atoms with Crippen molar-refractivity contribution in [3.05, 3.63) is 123 Å². The van der Waals surface area contributed by atoms with Crippen LogP contribution in [0.15, 0.2) is 72.9 Å². The highest BCUT2D eigenvalue weighted by atomic mass is 35.5. The summed E-state index contributed by atoms with van der Waals surface area (Å²) in [6.45, 7) is 13.1. The fourth-order valence-corrected chi connectivity index (χ4v) is 5.26. The molecule has 1 N–H and O–H groups in total. The number of hydrogen-bond acceptors (Lipinski definition) is 1. The summed E-state index contributed by atoms with van der Waals surface area (Å²) in [5, 5.41) is 5.07. The van der Waals surface area contributed by atoms with Crippen LogP contribution in [0, 0.1) is 34.6 Å². The van der Waals surface area contributed by atoms with E-state index in [-0.39, 0.29) is 0 Å². The second-order valence-electron chi connectivity index (χ2n) is 10.1. The molecule has 0 unspecified atom stereocenters. The number of anilines is 1. The lowest BCUT2D eigenvalue weighted by molar-refractivity contribution is 0.409. The largest absolute Gasteiger partial charge is 0.345 e. The summed E-state index contributed by atoms with van der Waals surface area (Å²) in [6.07, 6.45) is 3.04. The number of rotatable bonds is 8. The zero-order valence-corrected chi connectivity index (χ0v) is 24.0. The van der Waals surface area contributed by atoms with Crippen LogP contribution in [0.1, 0.15) is 44.6 Å². The Kier molecular flexibility index (Phi) is 8.73. The molecule has 0 aliphatic heterocycles.